The second kappa shape index (κ2) is 5.73. The van der Waals surface area contributed by atoms with Gasteiger partial charge in [-0.1, -0.05) is 27.5 Å². The number of rotatable bonds is 4. The number of amides is 1. The van der Waals surface area contributed by atoms with Crippen molar-refractivity contribution in [1.29, 1.82) is 0 Å². The molecule has 1 amide bonds. The highest BCUT2D eigenvalue weighted by Crippen LogP contribution is 2.26. The smallest absolute Gasteiger partial charge is 0.249 e. The topological polar surface area (TPSA) is 55.1 Å². The highest BCUT2D eigenvalue weighted by molar-refractivity contribution is 9.10. The Labute approximate surface area is 122 Å². The van der Waals surface area contributed by atoms with Crippen molar-refractivity contribution in [3.05, 3.63) is 49.6 Å². The molecule has 0 fully saturated rings. The van der Waals surface area contributed by atoms with Crippen LogP contribution in [0.25, 0.3) is 0 Å². The third-order valence-corrected chi connectivity index (χ3v) is 4.07. The van der Waals surface area contributed by atoms with Gasteiger partial charge in [0.15, 0.2) is 0 Å². The summed E-state index contributed by atoms with van der Waals surface area (Å²) in [5.74, 6) is -0.404. The van der Waals surface area contributed by atoms with Gasteiger partial charge in [0, 0.05) is 21.3 Å². The maximum atomic E-state index is 11.0. The van der Waals surface area contributed by atoms with Crippen LogP contribution >= 0.6 is 38.9 Å². The lowest BCUT2D eigenvalue weighted by molar-refractivity contribution is 0.100. The highest BCUT2D eigenvalue weighted by atomic mass is 79.9. The summed E-state index contributed by atoms with van der Waals surface area (Å²) in [6, 6.07) is 7.42. The molecular formula is C12H10BrClN2OS. The summed E-state index contributed by atoms with van der Waals surface area (Å²) in [5, 5.41) is 5.62. The molecule has 18 heavy (non-hydrogen) atoms. The molecule has 3 nitrogen and oxygen atoms in total. The number of anilines is 1. The molecule has 1 aromatic carbocycles. The summed E-state index contributed by atoms with van der Waals surface area (Å²) < 4.78 is 0.935. The molecule has 1 heterocycles. The number of nitrogens with two attached hydrogens (primary N) is 1. The minimum absolute atomic E-state index is 0.404. The minimum atomic E-state index is -0.404. The molecule has 94 valence electrons. The van der Waals surface area contributed by atoms with E-state index >= 15 is 0 Å². The van der Waals surface area contributed by atoms with Gasteiger partial charge in [-0.25, -0.2) is 0 Å². The molecule has 0 atom stereocenters. The van der Waals surface area contributed by atoms with Crippen LogP contribution in [0.2, 0.25) is 5.02 Å². The largest absolute Gasteiger partial charge is 0.379 e. The van der Waals surface area contributed by atoms with E-state index in [2.05, 4.69) is 21.2 Å². The van der Waals surface area contributed by atoms with Gasteiger partial charge in [0.25, 0.3) is 0 Å². The predicted octanol–water partition coefficient (Wildman–Crippen LogP) is 3.88. The number of nitrogens with one attached hydrogen (secondary N) is 1. The fourth-order valence-electron chi connectivity index (χ4n) is 1.42. The molecular weight excluding hydrogens is 336 g/mol. The number of primary amides is 1. The maximum absolute atomic E-state index is 11.0. The van der Waals surface area contributed by atoms with Crippen molar-refractivity contribution in [3.63, 3.8) is 0 Å². The lowest BCUT2D eigenvalue weighted by Gasteiger charge is -2.07. The van der Waals surface area contributed by atoms with Gasteiger partial charge in [-0.05, 0) is 24.3 Å². The van der Waals surface area contributed by atoms with Gasteiger partial charge in [0.05, 0.1) is 16.3 Å². The first-order valence-electron chi connectivity index (χ1n) is 5.12. The second-order valence-corrected chi connectivity index (χ2v) is 5.96. The molecule has 0 spiro atoms. The van der Waals surface area contributed by atoms with Gasteiger partial charge < -0.3 is 11.1 Å². The summed E-state index contributed by atoms with van der Waals surface area (Å²) in [4.78, 5) is 12.0. The van der Waals surface area contributed by atoms with Crippen LogP contribution in [-0.4, -0.2) is 5.91 Å². The SMILES string of the molecule is NC(=O)c1csc(CNc2ccc(Br)cc2Cl)c1. The van der Waals surface area contributed by atoms with Gasteiger partial charge in [-0.15, -0.1) is 11.3 Å². The van der Waals surface area contributed by atoms with E-state index in [0.717, 1.165) is 15.0 Å². The summed E-state index contributed by atoms with van der Waals surface area (Å²) >= 11 is 10.9. The molecule has 0 radical (unpaired) electrons. The Balaban J connectivity index is 2.04. The average Bonchev–Trinajstić information content (AvgIpc) is 2.76. The van der Waals surface area contributed by atoms with E-state index in [1.54, 1.807) is 11.4 Å². The Kier molecular flexibility index (Phi) is 4.27. The van der Waals surface area contributed by atoms with E-state index in [-0.39, 0.29) is 0 Å². The molecule has 2 aromatic rings. The van der Waals surface area contributed by atoms with Gasteiger partial charge in [-0.2, -0.15) is 0 Å². The molecule has 0 unspecified atom stereocenters. The molecule has 0 aliphatic carbocycles. The summed E-state index contributed by atoms with van der Waals surface area (Å²) in [7, 11) is 0. The van der Waals surface area contributed by atoms with Gasteiger partial charge in [-0.3, -0.25) is 4.79 Å². The van der Waals surface area contributed by atoms with Crippen molar-refractivity contribution in [2.75, 3.05) is 5.32 Å². The Bertz CT molecular complexity index is 585. The van der Waals surface area contributed by atoms with E-state index in [9.17, 15) is 4.79 Å². The summed E-state index contributed by atoms with van der Waals surface area (Å²) in [6.07, 6.45) is 0. The van der Waals surface area contributed by atoms with Gasteiger partial charge >= 0.3 is 0 Å². The van der Waals surface area contributed by atoms with Crippen LogP contribution in [0, 0.1) is 0 Å². The van der Waals surface area contributed by atoms with Crippen LogP contribution in [0.3, 0.4) is 0 Å². The van der Waals surface area contributed by atoms with Crippen LogP contribution in [0.15, 0.2) is 34.1 Å². The van der Waals surface area contributed by atoms with Gasteiger partial charge in [0.1, 0.15) is 0 Å². The van der Waals surface area contributed by atoms with Crippen molar-refractivity contribution >= 4 is 50.5 Å². The quantitative estimate of drug-likeness (QED) is 0.883. The van der Waals surface area contributed by atoms with E-state index in [0.29, 0.717) is 17.1 Å². The number of hydrogen-bond acceptors (Lipinski definition) is 3. The number of hydrogen-bond donors (Lipinski definition) is 2. The molecule has 2 rings (SSSR count). The number of halogens is 2. The zero-order valence-electron chi connectivity index (χ0n) is 9.24. The zero-order chi connectivity index (χ0) is 13.1. The van der Waals surface area contributed by atoms with Gasteiger partial charge in [0.2, 0.25) is 5.91 Å². The maximum Gasteiger partial charge on any atom is 0.249 e. The molecule has 0 bridgehead atoms. The number of thiophene rings is 1. The predicted molar refractivity (Wildman–Crippen MR) is 79.3 cm³/mol. The Morgan fingerprint density at radius 1 is 1.44 bits per heavy atom. The minimum Gasteiger partial charge on any atom is -0.379 e. The Morgan fingerprint density at radius 2 is 2.22 bits per heavy atom. The summed E-state index contributed by atoms with van der Waals surface area (Å²) in [6.45, 7) is 0.610. The third-order valence-electron chi connectivity index (χ3n) is 2.32. The third kappa shape index (κ3) is 3.25. The van der Waals surface area contributed by atoms with Crippen LogP contribution in [0.4, 0.5) is 5.69 Å². The monoisotopic (exact) mass is 344 g/mol. The van der Waals surface area contributed by atoms with E-state index in [4.69, 9.17) is 17.3 Å². The molecule has 6 heteroatoms. The first-order valence-corrected chi connectivity index (χ1v) is 7.17. The average molecular weight is 346 g/mol. The van der Waals surface area contributed by atoms with Crippen molar-refractivity contribution < 1.29 is 4.79 Å². The molecule has 0 aliphatic heterocycles. The van der Waals surface area contributed by atoms with E-state index in [1.165, 1.54) is 11.3 Å². The molecule has 0 saturated carbocycles. The Morgan fingerprint density at radius 3 is 2.83 bits per heavy atom. The number of carbonyl (C=O) groups is 1. The lowest BCUT2D eigenvalue weighted by Crippen LogP contribution is -2.09. The van der Waals surface area contributed by atoms with Crippen molar-refractivity contribution in [1.82, 2.24) is 0 Å². The fourth-order valence-corrected chi connectivity index (χ4v) is 2.97. The normalized spacial score (nSPS) is 10.3. The first kappa shape index (κ1) is 13.4. The van der Waals surface area contributed by atoms with Crippen LogP contribution in [0.1, 0.15) is 15.2 Å². The van der Waals surface area contributed by atoms with Crippen LogP contribution in [0.5, 0.6) is 0 Å². The summed E-state index contributed by atoms with van der Waals surface area (Å²) in [5.41, 5.74) is 6.59. The highest BCUT2D eigenvalue weighted by Gasteiger charge is 2.05. The van der Waals surface area contributed by atoms with Crippen molar-refractivity contribution in [3.8, 4) is 0 Å². The first-order chi connectivity index (χ1) is 8.56. The lowest BCUT2D eigenvalue weighted by atomic mass is 10.3. The number of carbonyl (C=O) groups excluding carboxylic acids is 1. The second-order valence-electron chi connectivity index (χ2n) is 3.64. The standard InChI is InChI=1S/C12H10BrClN2OS/c13-8-1-2-11(10(14)4-8)16-5-9-3-7(6-18-9)12(15)17/h1-4,6,16H,5H2,(H2,15,17). The van der Waals surface area contributed by atoms with Crippen molar-refractivity contribution in [2.24, 2.45) is 5.73 Å². The fraction of sp³-hybridized carbons (Fsp3) is 0.0833. The zero-order valence-corrected chi connectivity index (χ0v) is 12.4. The van der Waals surface area contributed by atoms with E-state index in [1.807, 2.05) is 18.2 Å². The molecule has 1 aromatic heterocycles. The van der Waals surface area contributed by atoms with Crippen LogP contribution < -0.4 is 11.1 Å². The molecule has 3 N–H and O–H groups in total. The molecule has 0 saturated heterocycles. The van der Waals surface area contributed by atoms with E-state index < -0.39 is 5.91 Å². The number of benzene rings is 1. The molecule has 0 aliphatic rings. The van der Waals surface area contributed by atoms with Crippen LogP contribution in [-0.2, 0) is 6.54 Å². The van der Waals surface area contributed by atoms with Crippen molar-refractivity contribution in [2.45, 2.75) is 6.54 Å². The Hall–Kier alpha value is -1.04.